The summed E-state index contributed by atoms with van der Waals surface area (Å²) in [5.74, 6) is 0. The molecule has 1 rings (SSSR count). The molecule has 1 nitrogen and oxygen atoms in total. The van der Waals surface area contributed by atoms with Crippen LogP contribution in [0.4, 0.5) is 0 Å². The van der Waals surface area contributed by atoms with Gasteiger partial charge in [0.2, 0.25) is 0 Å². The second kappa shape index (κ2) is 3.96. The maximum atomic E-state index is 5.48. The largest absolute Gasteiger partial charge is 0.326 e. The van der Waals surface area contributed by atoms with Crippen LogP contribution in [0, 0.1) is 0 Å². The highest BCUT2D eigenvalue weighted by Crippen LogP contribution is 2.60. The summed E-state index contributed by atoms with van der Waals surface area (Å²) >= 11 is 8.85. The summed E-state index contributed by atoms with van der Waals surface area (Å²) in [5, 5.41) is 0. The molecule has 0 saturated heterocycles. The summed E-state index contributed by atoms with van der Waals surface area (Å²) in [6, 6.07) is 8.12. The first-order valence-corrected chi connectivity index (χ1v) is 7.71. The standard InChI is InChI=1S/C8H13NS3/c1-12(10,11)8-4-2-7(6-9)3-5-8/h2-5,10-11H,6,9H2,1H3. The van der Waals surface area contributed by atoms with E-state index in [1.54, 1.807) is 0 Å². The maximum Gasteiger partial charge on any atom is 0.0178 e. The van der Waals surface area contributed by atoms with Crippen LogP contribution in [0.15, 0.2) is 29.2 Å². The lowest BCUT2D eigenvalue weighted by atomic mass is 10.2. The molecule has 0 unspecified atom stereocenters. The molecule has 1 aromatic rings. The van der Waals surface area contributed by atoms with Crippen LogP contribution in [-0.2, 0) is 6.54 Å². The van der Waals surface area contributed by atoms with E-state index in [9.17, 15) is 0 Å². The van der Waals surface area contributed by atoms with E-state index in [2.05, 4.69) is 23.3 Å². The Labute approximate surface area is 84.7 Å². The van der Waals surface area contributed by atoms with Gasteiger partial charge < -0.3 is 5.73 Å². The Kier molecular flexibility index (Phi) is 3.40. The van der Waals surface area contributed by atoms with E-state index in [0.717, 1.165) is 5.56 Å². The summed E-state index contributed by atoms with van der Waals surface area (Å²) in [5.41, 5.74) is 6.62. The van der Waals surface area contributed by atoms with Crippen molar-refractivity contribution in [3.63, 3.8) is 0 Å². The van der Waals surface area contributed by atoms with Gasteiger partial charge in [-0.1, -0.05) is 12.1 Å². The molecule has 0 aromatic heterocycles. The van der Waals surface area contributed by atoms with Crippen molar-refractivity contribution in [2.24, 2.45) is 5.73 Å². The van der Waals surface area contributed by atoms with Gasteiger partial charge in [0.25, 0.3) is 0 Å². The highest BCUT2D eigenvalue weighted by Gasteiger charge is 2.08. The third-order valence-corrected chi connectivity index (χ3v) is 4.04. The number of rotatable bonds is 2. The zero-order valence-electron chi connectivity index (χ0n) is 6.90. The normalized spacial score (nSPS) is 13.0. The van der Waals surface area contributed by atoms with E-state index < -0.39 is 8.09 Å². The molecule has 0 heterocycles. The lowest BCUT2D eigenvalue weighted by Crippen LogP contribution is -1.95. The quantitative estimate of drug-likeness (QED) is 0.517. The predicted octanol–water partition coefficient (Wildman–Crippen LogP) is 2.63. The third kappa shape index (κ3) is 2.62. The molecular formula is C8H13NS3. The molecule has 0 aliphatic heterocycles. The number of hydrogen-bond donors (Lipinski definition) is 3. The molecule has 12 heavy (non-hydrogen) atoms. The van der Waals surface area contributed by atoms with Crippen molar-refractivity contribution in [1.82, 2.24) is 0 Å². The van der Waals surface area contributed by atoms with Gasteiger partial charge in [-0.25, -0.2) is 0 Å². The topological polar surface area (TPSA) is 26.0 Å². The van der Waals surface area contributed by atoms with Gasteiger partial charge in [0, 0.05) is 11.4 Å². The molecule has 1 aromatic carbocycles. The Morgan fingerprint density at radius 2 is 1.75 bits per heavy atom. The Balaban J connectivity index is 2.93. The summed E-state index contributed by atoms with van der Waals surface area (Å²) in [7, 11) is -1.18. The zero-order chi connectivity index (χ0) is 9.19. The summed E-state index contributed by atoms with van der Waals surface area (Å²) in [6.45, 7) is 0.589. The van der Waals surface area contributed by atoms with Crippen molar-refractivity contribution in [1.29, 1.82) is 0 Å². The van der Waals surface area contributed by atoms with Crippen LogP contribution >= 0.6 is 31.4 Å². The smallest absolute Gasteiger partial charge is 0.0178 e. The van der Waals surface area contributed by atoms with Crippen LogP contribution < -0.4 is 5.73 Å². The van der Waals surface area contributed by atoms with Crippen molar-refractivity contribution in [3.05, 3.63) is 29.8 Å². The lowest BCUT2D eigenvalue weighted by Gasteiger charge is -2.22. The van der Waals surface area contributed by atoms with Gasteiger partial charge in [-0.05, 0) is 24.0 Å². The fourth-order valence-electron chi connectivity index (χ4n) is 0.883. The first-order valence-electron chi connectivity index (χ1n) is 3.56. The van der Waals surface area contributed by atoms with E-state index in [4.69, 9.17) is 5.73 Å². The highest BCUT2D eigenvalue weighted by atomic mass is 33.5. The van der Waals surface area contributed by atoms with Crippen molar-refractivity contribution < 1.29 is 0 Å². The monoisotopic (exact) mass is 219 g/mol. The molecule has 0 radical (unpaired) electrons. The minimum absolute atomic E-state index is 0.589. The summed E-state index contributed by atoms with van der Waals surface area (Å²) in [4.78, 5) is 1.17. The maximum absolute atomic E-state index is 5.48. The Bertz CT molecular complexity index is 250. The number of nitrogens with two attached hydrogens (primary N) is 1. The number of hydrogen-bond acceptors (Lipinski definition) is 3. The minimum Gasteiger partial charge on any atom is -0.326 e. The Morgan fingerprint density at radius 1 is 1.25 bits per heavy atom. The lowest BCUT2D eigenvalue weighted by molar-refractivity contribution is 1.07. The van der Waals surface area contributed by atoms with Crippen LogP contribution in [0.3, 0.4) is 0 Å². The van der Waals surface area contributed by atoms with Gasteiger partial charge in [-0.3, -0.25) is 0 Å². The van der Waals surface area contributed by atoms with Gasteiger partial charge in [0.05, 0.1) is 0 Å². The number of thiol groups is 2. The first kappa shape index (κ1) is 10.3. The van der Waals surface area contributed by atoms with Gasteiger partial charge in [-0.15, -0.1) is 31.4 Å². The summed E-state index contributed by atoms with van der Waals surface area (Å²) in [6.07, 6.45) is 2.02. The van der Waals surface area contributed by atoms with E-state index in [1.807, 2.05) is 30.5 Å². The average Bonchev–Trinajstić information content (AvgIpc) is 2.03. The molecule has 0 aliphatic rings. The predicted molar refractivity (Wildman–Crippen MR) is 64.1 cm³/mol. The molecule has 0 spiro atoms. The van der Waals surface area contributed by atoms with Gasteiger partial charge >= 0.3 is 0 Å². The second-order valence-corrected chi connectivity index (χ2v) is 10.1. The molecule has 0 saturated carbocycles. The molecule has 4 heteroatoms. The second-order valence-electron chi connectivity index (χ2n) is 2.68. The van der Waals surface area contributed by atoms with Crippen molar-refractivity contribution >= 4 is 31.4 Å². The van der Waals surface area contributed by atoms with Crippen LogP contribution in [0.25, 0.3) is 0 Å². The van der Waals surface area contributed by atoms with Gasteiger partial charge in [-0.2, -0.15) is 0 Å². The molecule has 0 aliphatic carbocycles. The first-order chi connectivity index (χ1) is 5.54. The van der Waals surface area contributed by atoms with E-state index in [-0.39, 0.29) is 0 Å². The van der Waals surface area contributed by atoms with E-state index >= 15 is 0 Å². The molecule has 2 N–H and O–H groups in total. The van der Waals surface area contributed by atoms with Crippen LogP contribution in [0.2, 0.25) is 0 Å². The van der Waals surface area contributed by atoms with E-state index in [0.29, 0.717) is 6.54 Å². The van der Waals surface area contributed by atoms with Crippen molar-refractivity contribution in [2.75, 3.05) is 6.26 Å². The average molecular weight is 219 g/mol. The third-order valence-electron chi connectivity index (χ3n) is 1.61. The summed E-state index contributed by atoms with van der Waals surface area (Å²) < 4.78 is 0. The molecule has 68 valence electrons. The molecule has 0 bridgehead atoms. The van der Waals surface area contributed by atoms with Crippen LogP contribution in [0.1, 0.15) is 5.56 Å². The fourth-order valence-corrected chi connectivity index (χ4v) is 2.27. The Hall–Kier alpha value is 0.230. The zero-order valence-corrected chi connectivity index (χ0v) is 9.50. The van der Waals surface area contributed by atoms with Crippen molar-refractivity contribution in [3.8, 4) is 0 Å². The van der Waals surface area contributed by atoms with Crippen LogP contribution in [0.5, 0.6) is 0 Å². The van der Waals surface area contributed by atoms with E-state index in [1.165, 1.54) is 4.90 Å². The molecule has 0 fully saturated rings. The van der Waals surface area contributed by atoms with Gasteiger partial charge in [0.1, 0.15) is 0 Å². The Morgan fingerprint density at radius 3 is 2.08 bits per heavy atom. The van der Waals surface area contributed by atoms with Crippen molar-refractivity contribution in [2.45, 2.75) is 11.4 Å². The highest BCUT2D eigenvalue weighted by molar-refractivity contribution is 9.17. The fraction of sp³-hybridized carbons (Fsp3) is 0.250. The SMILES string of the molecule is CS(S)(S)c1ccc(CN)cc1. The number of benzene rings is 1. The molecule has 0 atom stereocenters. The molecule has 0 amide bonds. The van der Waals surface area contributed by atoms with Gasteiger partial charge in [0.15, 0.2) is 0 Å². The minimum atomic E-state index is -1.18. The molecular weight excluding hydrogens is 206 g/mol. The van der Waals surface area contributed by atoms with Crippen LogP contribution in [-0.4, -0.2) is 6.26 Å².